The van der Waals surface area contributed by atoms with Crippen LogP contribution in [0.2, 0.25) is 0 Å². The summed E-state index contributed by atoms with van der Waals surface area (Å²) in [6, 6.07) is 13.0. The number of aromatic nitrogens is 1. The van der Waals surface area contributed by atoms with Gasteiger partial charge in [-0.1, -0.05) is 0 Å². The molecule has 0 amide bonds. The Labute approximate surface area is 137 Å². The van der Waals surface area contributed by atoms with E-state index in [1.54, 1.807) is 5.57 Å². The van der Waals surface area contributed by atoms with Gasteiger partial charge >= 0.3 is 137 Å². The van der Waals surface area contributed by atoms with Gasteiger partial charge in [0.05, 0.1) is 0 Å². The van der Waals surface area contributed by atoms with E-state index in [1.807, 2.05) is 13.0 Å². The van der Waals surface area contributed by atoms with E-state index in [0.717, 1.165) is 17.4 Å². The average molecular weight is 359 g/mol. The van der Waals surface area contributed by atoms with Gasteiger partial charge in [0.15, 0.2) is 0 Å². The molecule has 3 fully saturated rings. The topological polar surface area (TPSA) is 29.3 Å². The first kappa shape index (κ1) is 14.3. The van der Waals surface area contributed by atoms with Crippen LogP contribution in [0.25, 0.3) is 6.08 Å². The summed E-state index contributed by atoms with van der Waals surface area (Å²) in [5, 5.41) is 4.03. The minimum atomic E-state index is 0.446. The van der Waals surface area contributed by atoms with Crippen LogP contribution in [0.1, 0.15) is 24.3 Å². The van der Waals surface area contributed by atoms with Crippen molar-refractivity contribution >= 4 is 25.5 Å². The molecule has 0 unspecified atom stereocenters. The molecule has 0 aliphatic carbocycles. The summed E-state index contributed by atoms with van der Waals surface area (Å²) in [5.41, 5.74) is 2.52. The van der Waals surface area contributed by atoms with Gasteiger partial charge in [0.1, 0.15) is 0 Å². The summed E-state index contributed by atoms with van der Waals surface area (Å²) in [6.45, 7) is 4.47. The van der Waals surface area contributed by atoms with Gasteiger partial charge in [-0.2, -0.15) is 0 Å². The fourth-order valence-electron chi connectivity index (χ4n) is 3.46. The van der Waals surface area contributed by atoms with Gasteiger partial charge in [-0.3, -0.25) is 0 Å². The zero-order valence-electron chi connectivity index (χ0n) is 12.7. The molecule has 22 heavy (non-hydrogen) atoms. The molecule has 3 aliphatic heterocycles. The summed E-state index contributed by atoms with van der Waals surface area (Å²) in [4.78, 5) is 3.25. The SMILES string of the molecule is Cc1cc(/C=C2\C3CCN(CC3)[C@H]2[Se]c2ccccc2)on1. The fourth-order valence-corrected chi connectivity index (χ4v) is 6.24. The zero-order chi connectivity index (χ0) is 14.9. The maximum absolute atomic E-state index is 5.44. The summed E-state index contributed by atoms with van der Waals surface area (Å²) in [5.74, 6) is 1.64. The van der Waals surface area contributed by atoms with Crippen molar-refractivity contribution < 1.29 is 4.52 Å². The van der Waals surface area contributed by atoms with E-state index in [1.165, 1.54) is 30.4 Å². The zero-order valence-corrected chi connectivity index (χ0v) is 14.4. The van der Waals surface area contributed by atoms with E-state index in [0.29, 0.717) is 19.9 Å². The first-order valence-corrected chi connectivity index (χ1v) is 9.75. The van der Waals surface area contributed by atoms with Crippen molar-refractivity contribution in [3.63, 3.8) is 0 Å². The number of hydrogen-bond acceptors (Lipinski definition) is 3. The quantitative estimate of drug-likeness (QED) is 0.789. The summed E-state index contributed by atoms with van der Waals surface area (Å²) < 4.78 is 6.91. The van der Waals surface area contributed by atoms with Gasteiger partial charge in [-0.25, -0.2) is 0 Å². The molecule has 1 aromatic carbocycles. The van der Waals surface area contributed by atoms with Crippen LogP contribution in [0.3, 0.4) is 0 Å². The Morgan fingerprint density at radius 1 is 1.23 bits per heavy atom. The Morgan fingerprint density at radius 2 is 2.00 bits per heavy atom. The molecule has 0 N–H and O–H groups in total. The van der Waals surface area contributed by atoms with Crippen LogP contribution < -0.4 is 4.46 Å². The van der Waals surface area contributed by atoms with Gasteiger partial charge in [0.25, 0.3) is 0 Å². The van der Waals surface area contributed by atoms with E-state index in [9.17, 15) is 0 Å². The molecule has 0 radical (unpaired) electrons. The third-order valence-electron chi connectivity index (χ3n) is 4.56. The van der Waals surface area contributed by atoms with Gasteiger partial charge in [0, 0.05) is 0 Å². The second kappa shape index (κ2) is 6.04. The van der Waals surface area contributed by atoms with Crippen molar-refractivity contribution in [2.24, 2.45) is 5.92 Å². The minimum absolute atomic E-state index is 0.446. The predicted molar refractivity (Wildman–Crippen MR) is 89.1 cm³/mol. The van der Waals surface area contributed by atoms with Crippen LogP contribution in [0.5, 0.6) is 0 Å². The predicted octanol–water partition coefficient (Wildman–Crippen LogP) is 2.45. The number of fused-ring (bicyclic) bond motifs is 3. The van der Waals surface area contributed by atoms with Gasteiger partial charge in [-0.15, -0.1) is 0 Å². The molecule has 5 rings (SSSR count). The molecule has 3 aliphatic rings. The number of rotatable bonds is 3. The van der Waals surface area contributed by atoms with Gasteiger partial charge < -0.3 is 0 Å². The third-order valence-corrected chi connectivity index (χ3v) is 7.37. The van der Waals surface area contributed by atoms with E-state index >= 15 is 0 Å². The van der Waals surface area contributed by atoms with Crippen LogP contribution in [0, 0.1) is 12.8 Å². The Bertz CT molecular complexity index is 671. The Morgan fingerprint density at radius 3 is 2.68 bits per heavy atom. The molecule has 3 nitrogen and oxygen atoms in total. The molecule has 4 heterocycles. The van der Waals surface area contributed by atoms with Crippen molar-refractivity contribution in [2.45, 2.75) is 24.7 Å². The number of nitrogens with zero attached hydrogens (tertiary/aromatic N) is 2. The van der Waals surface area contributed by atoms with Crippen molar-refractivity contribution in [2.75, 3.05) is 13.1 Å². The van der Waals surface area contributed by atoms with Gasteiger partial charge in [-0.05, 0) is 0 Å². The summed E-state index contributed by atoms with van der Waals surface area (Å²) in [7, 11) is 0. The first-order chi connectivity index (χ1) is 10.8. The maximum atomic E-state index is 5.44. The second-order valence-corrected chi connectivity index (χ2v) is 8.53. The van der Waals surface area contributed by atoms with E-state index < -0.39 is 0 Å². The number of benzene rings is 1. The summed E-state index contributed by atoms with van der Waals surface area (Å²) >= 11 is 0.446. The van der Waals surface area contributed by atoms with Crippen molar-refractivity contribution in [1.82, 2.24) is 10.1 Å². The van der Waals surface area contributed by atoms with Crippen LogP contribution >= 0.6 is 0 Å². The molecular formula is C18H20N2OSe. The average Bonchev–Trinajstić information content (AvgIpc) is 2.97. The van der Waals surface area contributed by atoms with E-state index in [4.69, 9.17) is 4.52 Å². The monoisotopic (exact) mass is 360 g/mol. The van der Waals surface area contributed by atoms with E-state index in [2.05, 4.69) is 46.5 Å². The molecule has 0 spiro atoms. The molecule has 3 saturated heterocycles. The van der Waals surface area contributed by atoms with Gasteiger partial charge in [0.2, 0.25) is 0 Å². The fraction of sp³-hybridized carbons (Fsp3) is 0.389. The van der Waals surface area contributed by atoms with Crippen LogP contribution in [-0.4, -0.2) is 43.0 Å². The molecule has 114 valence electrons. The summed E-state index contributed by atoms with van der Waals surface area (Å²) in [6.07, 6.45) is 4.85. The van der Waals surface area contributed by atoms with Crippen LogP contribution in [0.15, 0.2) is 46.5 Å². The number of hydrogen-bond donors (Lipinski definition) is 0. The Balaban J connectivity index is 1.65. The van der Waals surface area contributed by atoms with Crippen molar-refractivity contribution in [3.05, 3.63) is 53.4 Å². The molecule has 2 aromatic rings. The number of aryl methyl sites for hydroxylation is 1. The Hall–Kier alpha value is -1.35. The molecule has 1 aromatic heterocycles. The van der Waals surface area contributed by atoms with Crippen molar-refractivity contribution in [3.8, 4) is 0 Å². The standard InChI is InChI=1S/C18H20N2OSe/c1-13-11-15(21-19-13)12-17-14-7-9-20(10-8-14)18(17)22-16-5-3-2-4-6-16/h2-6,11-12,14,18H,7-10H2,1H3/b17-12+/t18-/m0/s1. The van der Waals surface area contributed by atoms with Crippen LogP contribution in [-0.2, 0) is 0 Å². The third kappa shape index (κ3) is 2.79. The second-order valence-electron chi connectivity index (χ2n) is 6.11. The number of piperidine rings is 3. The van der Waals surface area contributed by atoms with E-state index in [-0.39, 0.29) is 0 Å². The normalized spacial score (nSPS) is 29.1. The van der Waals surface area contributed by atoms with Crippen molar-refractivity contribution in [1.29, 1.82) is 0 Å². The molecule has 1 atom stereocenters. The molecule has 0 saturated carbocycles. The Kier molecular flexibility index (Phi) is 3.91. The first-order valence-electron chi connectivity index (χ1n) is 7.90. The molecule has 4 heteroatoms. The molecular weight excluding hydrogens is 339 g/mol. The molecule has 2 bridgehead atoms. The van der Waals surface area contributed by atoms with Crippen LogP contribution in [0.4, 0.5) is 0 Å².